The molecule has 1 heterocycles. The molecule has 3 aromatic rings. The van der Waals surface area contributed by atoms with Gasteiger partial charge in [-0.1, -0.05) is 44.2 Å². The highest BCUT2D eigenvalue weighted by Crippen LogP contribution is 2.24. The Morgan fingerprint density at radius 2 is 1.97 bits per heavy atom. The van der Waals surface area contributed by atoms with E-state index in [1.54, 1.807) is 0 Å². The number of carbonyl (C=O) groups is 2. The Morgan fingerprint density at radius 3 is 2.61 bits per heavy atom. The maximum atomic E-state index is 12.7. The Kier molecular flexibility index (Phi) is 7.02. The Labute approximate surface area is 179 Å². The van der Waals surface area contributed by atoms with Gasteiger partial charge in [0.25, 0.3) is 5.56 Å². The van der Waals surface area contributed by atoms with Gasteiger partial charge in [0.05, 0.1) is 29.6 Å². The second-order valence-electron chi connectivity index (χ2n) is 7.57. The van der Waals surface area contributed by atoms with Crippen molar-refractivity contribution in [2.24, 2.45) is 5.92 Å². The maximum absolute atomic E-state index is 12.7. The number of aromatic amines is 1. The van der Waals surface area contributed by atoms with Crippen LogP contribution in [0.5, 0.6) is 5.75 Å². The van der Waals surface area contributed by atoms with Gasteiger partial charge in [-0.25, -0.2) is 9.78 Å². The maximum Gasteiger partial charge on any atom is 0.408 e. The number of rotatable bonds is 8. The molecule has 1 aromatic heterocycles. The summed E-state index contributed by atoms with van der Waals surface area (Å²) in [6.07, 6.45) is 0.557. The number of alkyl carbamates (subject to hydrolysis) is 1. The van der Waals surface area contributed by atoms with Crippen molar-refractivity contribution in [2.45, 2.75) is 32.9 Å². The normalized spacial score (nSPS) is 11.9. The fourth-order valence-electron chi connectivity index (χ4n) is 3.25. The summed E-state index contributed by atoms with van der Waals surface area (Å²) in [5, 5.41) is 3.06. The Balaban J connectivity index is 1.87. The molecular formula is C23H25N3O5. The van der Waals surface area contributed by atoms with E-state index in [9.17, 15) is 14.4 Å². The van der Waals surface area contributed by atoms with Gasteiger partial charge in [-0.05, 0) is 24.0 Å². The molecule has 0 spiro atoms. The summed E-state index contributed by atoms with van der Waals surface area (Å²) in [4.78, 5) is 43.6. The van der Waals surface area contributed by atoms with Crippen LogP contribution in [0.3, 0.4) is 0 Å². The lowest BCUT2D eigenvalue weighted by Crippen LogP contribution is -2.32. The lowest BCUT2D eigenvalue weighted by atomic mass is 10.0. The first-order valence-electron chi connectivity index (χ1n) is 9.95. The lowest BCUT2D eigenvalue weighted by molar-refractivity contribution is 0.112. The molecule has 1 atom stereocenters. The van der Waals surface area contributed by atoms with E-state index in [0.29, 0.717) is 29.8 Å². The van der Waals surface area contributed by atoms with Gasteiger partial charge in [0.1, 0.15) is 18.2 Å². The topological polar surface area (TPSA) is 110 Å². The number of methoxy groups -OCH3 is 1. The summed E-state index contributed by atoms with van der Waals surface area (Å²) in [5.74, 6) is 0.846. The number of hydrogen-bond donors (Lipinski definition) is 2. The molecule has 2 aromatic carbocycles. The molecule has 2 N–H and O–H groups in total. The van der Waals surface area contributed by atoms with Crippen LogP contribution in [0.15, 0.2) is 47.3 Å². The molecule has 3 rings (SSSR count). The van der Waals surface area contributed by atoms with Crippen molar-refractivity contribution < 1.29 is 19.1 Å². The van der Waals surface area contributed by atoms with Crippen LogP contribution in [0.2, 0.25) is 0 Å². The zero-order chi connectivity index (χ0) is 22.4. The fraction of sp³-hybridized carbons (Fsp3) is 0.304. The van der Waals surface area contributed by atoms with Crippen LogP contribution in [0.1, 0.15) is 48.1 Å². The summed E-state index contributed by atoms with van der Waals surface area (Å²) in [6, 6.07) is 11.8. The average molecular weight is 423 g/mol. The van der Waals surface area contributed by atoms with Gasteiger partial charge in [0.15, 0.2) is 6.29 Å². The number of nitrogens with one attached hydrogen (secondary N) is 2. The predicted octanol–water partition coefficient (Wildman–Crippen LogP) is 3.76. The number of nitrogens with zero attached hydrogens (tertiary/aromatic N) is 1. The third kappa shape index (κ3) is 5.48. The number of ether oxygens (including phenoxy) is 2. The van der Waals surface area contributed by atoms with E-state index in [1.807, 2.05) is 44.2 Å². The predicted molar refractivity (Wildman–Crippen MR) is 116 cm³/mol. The van der Waals surface area contributed by atoms with Gasteiger partial charge < -0.3 is 19.8 Å². The van der Waals surface area contributed by atoms with Crippen LogP contribution < -0.4 is 15.6 Å². The first-order chi connectivity index (χ1) is 14.9. The van der Waals surface area contributed by atoms with E-state index < -0.39 is 17.7 Å². The van der Waals surface area contributed by atoms with E-state index in [0.717, 1.165) is 5.56 Å². The van der Waals surface area contributed by atoms with Crippen molar-refractivity contribution in [3.05, 3.63) is 69.8 Å². The van der Waals surface area contributed by atoms with Crippen molar-refractivity contribution in [1.82, 2.24) is 15.3 Å². The Morgan fingerprint density at radius 1 is 1.23 bits per heavy atom. The zero-order valence-electron chi connectivity index (χ0n) is 17.7. The van der Waals surface area contributed by atoms with Crippen molar-refractivity contribution >= 4 is 23.3 Å². The van der Waals surface area contributed by atoms with E-state index in [4.69, 9.17) is 9.47 Å². The minimum Gasteiger partial charge on any atom is -0.496 e. The van der Waals surface area contributed by atoms with Crippen LogP contribution in [-0.2, 0) is 11.3 Å². The highest BCUT2D eigenvalue weighted by atomic mass is 16.5. The molecule has 0 radical (unpaired) electrons. The highest BCUT2D eigenvalue weighted by molar-refractivity contribution is 5.90. The first-order valence-corrected chi connectivity index (χ1v) is 9.95. The summed E-state index contributed by atoms with van der Waals surface area (Å²) < 4.78 is 10.5. The Hall–Kier alpha value is -3.68. The van der Waals surface area contributed by atoms with Crippen molar-refractivity contribution in [1.29, 1.82) is 0 Å². The molecule has 0 fully saturated rings. The molecule has 31 heavy (non-hydrogen) atoms. The molecular weight excluding hydrogens is 398 g/mol. The first kappa shape index (κ1) is 22.0. The standard InChI is InChI=1S/C23H25N3O5/c1-14(2)9-19(25-23(29)31-13-15-7-5-4-6-8-15)21-24-18-11-20(30-3)16(12-27)10-17(18)22(28)26-21/h4-8,10-12,14,19H,9,13H2,1-3H3,(H,25,29)(H,24,26,28). The van der Waals surface area contributed by atoms with Crippen molar-refractivity contribution in [3.8, 4) is 5.75 Å². The van der Waals surface area contributed by atoms with E-state index in [2.05, 4.69) is 15.3 Å². The molecule has 0 aliphatic carbocycles. The molecule has 8 nitrogen and oxygen atoms in total. The van der Waals surface area contributed by atoms with Gasteiger partial charge in [-0.15, -0.1) is 0 Å². The van der Waals surface area contributed by atoms with E-state index >= 15 is 0 Å². The fourth-order valence-corrected chi connectivity index (χ4v) is 3.25. The largest absolute Gasteiger partial charge is 0.496 e. The third-order valence-electron chi connectivity index (χ3n) is 4.74. The number of amides is 1. The summed E-state index contributed by atoms with van der Waals surface area (Å²) in [6.45, 7) is 4.14. The van der Waals surface area contributed by atoms with Gasteiger partial charge in [-0.3, -0.25) is 9.59 Å². The van der Waals surface area contributed by atoms with Crippen LogP contribution in [0.4, 0.5) is 4.79 Å². The number of carbonyl (C=O) groups excluding carboxylic acids is 2. The SMILES string of the molecule is COc1cc2nc(C(CC(C)C)NC(=O)OCc3ccccc3)[nH]c(=O)c2cc1C=O. The second-order valence-corrected chi connectivity index (χ2v) is 7.57. The van der Waals surface area contributed by atoms with Crippen LogP contribution in [0.25, 0.3) is 10.9 Å². The highest BCUT2D eigenvalue weighted by Gasteiger charge is 2.21. The lowest BCUT2D eigenvalue weighted by Gasteiger charge is -2.20. The van der Waals surface area contributed by atoms with Gasteiger partial charge in [0, 0.05) is 6.07 Å². The minimum absolute atomic E-state index is 0.133. The number of aromatic nitrogens is 2. The van der Waals surface area contributed by atoms with Crippen LogP contribution in [0, 0.1) is 5.92 Å². The van der Waals surface area contributed by atoms with Crippen LogP contribution in [-0.4, -0.2) is 29.5 Å². The number of fused-ring (bicyclic) bond motifs is 1. The molecule has 0 aliphatic heterocycles. The Bertz CT molecular complexity index is 1130. The number of hydrogen-bond acceptors (Lipinski definition) is 6. The van der Waals surface area contributed by atoms with Crippen molar-refractivity contribution in [2.75, 3.05) is 7.11 Å². The average Bonchev–Trinajstić information content (AvgIpc) is 2.76. The molecule has 1 unspecified atom stereocenters. The number of H-pyrrole nitrogens is 1. The molecule has 0 aliphatic rings. The zero-order valence-corrected chi connectivity index (χ0v) is 17.7. The summed E-state index contributed by atoms with van der Waals surface area (Å²) in [7, 11) is 1.44. The minimum atomic E-state index is -0.605. The smallest absolute Gasteiger partial charge is 0.408 e. The molecule has 1 amide bonds. The van der Waals surface area contributed by atoms with Crippen molar-refractivity contribution in [3.63, 3.8) is 0 Å². The van der Waals surface area contributed by atoms with Gasteiger partial charge >= 0.3 is 6.09 Å². The number of benzene rings is 2. The molecule has 8 heteroatoms. The molecule has 162 valence electrons. The van der Waals surface area contributed by atoms with E-state index in [-0.39, 0.29) is 23.5 Å². The summed E-state index contributed by atoms with van der Waals surface area (Å²) in [5.41, 5.74) is 1.10. The molecule has 0 bridgehead atoms. The third-order valence-corrected chi connectivity index (χ3v) is 4.74. The quantitative estimate of drug-likeness (QED) is 0.534. The molecule has 0 saturated carbocycles. The second kappa shape index (κ2) is 9.88. The van der Waals surface area contributed by atoms with Gasteiger partial charge in [-0.2, -0.15) is 0 Å². The molecule has 0 saturated heterocycles. The summed E-state index contributed by atoms with van der Waals surface area (Å²) >= 11 is 0. The van der Waals surface area contributed by atoms with Crippen LogP contribution >= 0.6 is 0 Å². The number of aldehydes is 1. The monoisotopic (exact) mass is 423 g/mol. The van der Waals surface area contributed by atoms with E-state index in [1.165, 1.54) is 19.2 Å². The van der Waals surface area contributed by atoms with Gasteiger partial charge in [0.2, 0.25) is 0 Å².